The zero-order chi connectivity index (χ0) is 17.6. The van der Waals surface area contributed by atoms with Gasteiger partial charge in [0.25, 0.3) is 0 Å². The van der Waals surface area contributed by atoms with E-state index in [9.17, 15) is 13.2 Å². The summed E-state index contributed by atoms with van der Waals surface area (Å²) in [5.41, 5.74) is 0.778. The second-order valence-corrected chi connectivity index (χ2v) is 6.02. The molecule has 130 valence electrons. The molecule has 0 spiro atoms. The highest BCUT2D eigenvalue weighted by atomic mass is 19.4. The molecule has 0 radical (unpaired) electrons. The van der Waals surface area contributed by atoms with Crippen molar-refractivity contribution in [3.63, 3.8) is 0 Å². The van der Waals surface area contributed by atoms with E-state index in [2.05, 4.69) is 4.98 Å². The van der Waals surface area contributed by atoms with Crippen molar-refractivity contribution in [3.05, 3.63) is 65.5 Å². The molecule has 3 nitrogen and oxygen atoms in total. The van der Waals surface area contributed by atoms with Crippen LogP contribution in [0.4, 0.5) is 13.2 Å². The summed E-state index contributed by atoms with van der Waals surface area (Å²) < 4.78 is 39.6. The van der Waals surface area contributed by atoms with E-state index < -0.39 is 11.7 Å². The molecule has 6 heteroatoms. The fourth-order valence-corrected chi connectivity index (χ4v) is 2.48. The van der Waals surface area contributed by atoms with E-state index >= 15 is 0 Å². The molecule has 0 amide bonds. The number of alkyl halides is 3. The van der Waals surface area contributed by atoms with Crippen molar-refractivity contribution in [1.82, 2.24) is 14.8 Å². The van der Waals surface area contributed by atoms with Gasteiger partial charge < -0.3 is 4.90 Å². The second-order valence-electron chi connectivity index (χ2n) is 6.02. The third kappa shape index (κ3) is 5.62. The number of aromatic nitrogens is 1. The third-order valence-electron chi connectivity index (χ3n) is 3.74. The van der Waals surface area contributed by atoms with Crippen LogP contribution in [-0.4, -0.2) is 42.0 Å². The summed E-state index contributed by atoms with van der Waals surface area (Å²) in [4.78, 5) is 8.03. The quantitative estimate of drug-likeness (QED) is 0.769. The number of likely N-dealkylation sites (N-methyl/N-ethyl adjacent to an activating group) is 1. The number of benzene rings is 1. The van der Waals surface area contributed by atoms with Crippen LogP contribution in [0.1, 0.15) is 16.7 Å². The van der Waals surface area contributed by atoms with Crippen LogP contribution in [0.3, 0.4) is 0 Å². The van der Waals surface area contributed by atoms with E-state index in [4.69, 9.17) is 0 Å². The molecule has 1 heterocycles. The summed E-state index contributed by atoms with van der Waals surface area (Å²) in [6, 6.07) is 9.56. The molecular weight excluding hydrogens is 315 g/mol. The average molecular weight is 337 g/mol. The highest BCUT2D eigenvalue weighted by molar-refractivity contribution is 5.29. The number of hydrogen-bond donors (Lipinski definition) is 0. The molecule has 0 aliphatic carbocycles. The van der Waals surface area contributed by atoms with Crippen molar-refractivity contribution in [2.45, 2.75) is 19.3 Å². The lowest BCUT2D eigenvalue weighted by Gasteiger charge is -2.25. The number of nitrogens with zero attached hydrogens (tertiary/aromatic N) is 3. The predicted molar refractivity (Wildman–Crippen MR) is 88.3 cm³/mol. The van der Waals surface area contributed by atoms with Gasteiger partial charge in [-0.1, -0.05) is 18.2 Å². The van der Waals surface area contributed by atoms with Crippen molar-refractivity contribution in [2.75, 3.05) is 27.2 Å². The Hall–Kier alpha value is -1.92. The molecule has 24 heavy (non-hydrogen) atoms. The molecule has 0 saturated heterocycles. The molecule has 0 fully saturated rings. The lowest BCUT2D eigenvalue weighted by atomic mass is 10.1. The largest absolute Gasteiger partial charge is 0.416 e. The van der Waals surface area contributed by atoms with Gasteiger partial charge in [-0.25, -0.2) is 0 Å². The van der Waals surface area contributed by atoms with Gasteiger partial charge in [0.1, 0.15) is 0 Å². The number of hydrogen-bond acceptors (Lipinski definition) is 3. The lowest BCUT2D eigenvalue weighted by molar-refractivity contribution is -0.138. The monoisotopic (exact) mass is 337 g/mol. The minimum atomic E-state index is -4.33. The number of pyridine rings is 1. The molecule has 0 atom stereocenters. The van der Waals surface area contributed by atoms with Gasteiger partial charge in [-0.15, -0.1) is 0 Å². The predicted octanol–water partition coefficient (Wildman–Crippen LogP) is 3.66. The van der Waals surface area contributed by atoms with Gasteiger partial charge in [-0.05, 0) is 43.4 Å². The zero-order valence-electron chi connectivity index (χ0n) is 13.9. The summed E-state index contributed by atoms with van der Waals surface area (Å²) >= 11 is 0. The van der Waals surface area contributed by atoms with Crippen LogP contribution in [0.15, 0.2) is 48.8 Å². The summed E-state index contributed by atoms with van der Waals surface area (Å²) in [5, 5.41) is 0. The molecule has 0 aliphatic heterocycles. The third-order valence-corrected chi connectivity index (χ3v) is 3.74. The minimum Gasteiger partial charge on any atom is -0.308 e. The van der Waals surface area contributed by atoms with Gasteiger partial charge >= 0.3 is 6.18 Å². The van der Waals surface area contributed by atoms with Crippen molar-refractivity contribution in [1.29, 1.82) is 0 Å². The second kappa shape index (κ2) is 8.26. The Morgan fingerprint density at radius 2 is 1.58 bits per heavy atom. The highest BCUT2D eigenvalue weighted by Gasteiger charge is 2.33. The average Bonchev–Trinajstić information content (AvgIpc) is 2.53. The Bertz CT molecular complexity index is 627. The minimum absolute atomic E-state index is 0.256. The zero-order valence-corrected chi connectivity index (χ0v) is 13.9. The molecule has 0 N–H and O–H groups in total. The van der Waals surface area contributed by atoms with Crippen LogP contribution in [-0.2, 0) is 19.3 Å². The van der Waals surface area contributed by atoms with Crippen molar-refractivity contribution >= 4 is 0 Å². The van der Waals surface area contributed by atoms with Gasteiger partial charge in [-0.3, -0.25) is 9.88 Å². The Labute approximate surface area is 140 Å². The Kier molecular flexibility index (Phi) is 6.34. The van der Waals surface area contributed by atoms with Crippen molar-refractivity contribution < 1.29 is 13.2 Å². The molecule has 0 aliphatic rings. The summed E-state index contributed by atoms with van der Waals surface area (Å²) in [6.45, 7) is 2.30. The first-order valence-electron chi connectivity index (χ1n) is 7.77. The SMILES string of the molecule is CN(C)CCN(Cc1ccncc1)Cc1ccccc1C(F)(F)F. The van der Waals surface area contributed by atoms with Crippen molar-refractivity contribution in [2.24, 2.45) is 0 Å². The standard InChI is InChI=1S/C18H22F3N3/c1-23(2)11-12-24(13-15-7-9-22-10-8-15)14-16-5-3-4-6-17(16)18(19,20)21/h3-10H,11-14H2,1-2H3. The van der Waals surface area contributed by atoms with Crippen molar-refractivity contribution in [3.8, 4) is 0 Å². The van der Waals surface area contributed by atoms with E-state index in [1.165, 1.54) is 6.07 Å². The maximum atomic E-state index is 13.2. The molecule has 2 rings (SSSR count). The number of rotatable bonds is 7. The lowest BCUT2D eigenvalue weighted by Crippen LogP contribution is -2.31. The van der Waals surface area contributed by atoms with E-state index in [1.54, 1.807) is 24.5 Å². The molecule has 1 aromatic carbocycles. The summed E-state index contributed by atoms with van der Waals surface area (Å²) in [7, 11) is 3.91. The molecule has 0 saturated carbocycles. The highest BCUT2D eigenvalue weighted by Crippen LogP contribution is 2.32. The Balaban J connectivity index is 2.19. The van der Waals surface area contributed by atoms with Gasteiger partial charge in [0, 0.05) is 38.6 Å². The van der Waals surface area contributed by atoms with Crippen LogP contribution in [0.2, 0.25) is 0 Å². The van der Waals surface area contributed by atoms with Crippen LogP contribution < -0.4 is 0 Å². The maximum absolute atomic E-state index is 13.2. The molecular formula is C18H22F3N3. The first-order chi connectivity index (χ1) is 11.4. The fraction of sp³-hybridized carbons (Fsp3) is 0.389. The molecule has 0 unspecified atom stereocenters. The van der Waals surface area contributed by atoms with E-state index in [0.29, 0.717) is 18.7 Å². The Morgan fingerprint density at radius 3 is 2.21 bits per heavy atom. The van der Waals surface area contributed by atoms with E-state index in [-0.39, 0.29) is 6.54 Å². The molecule has 0 bridgehead atoms. The van der Waals surface area contributed by atoms with Crippen LogP contribution in [0, 0.1) is 0 Å². The van der Waals surface area contributed by atoms with Crippen LogP contribution >= 0.6 is 0 Å². The van der Waals surface area contributed by atoms with E-state index in [1.807, 2.05) is 36.0 Å². The maximum Gasteiger partial charge on any atom is 0.416 e. The number of halogens is 3. The topological polar surface area (TPSA) is 19.4 Å². The van der Waals surface area contributed by atoms with Gasteiger partial charge in [0.05, 0.1) is 5.56 Å². The molecule has 1 aromatic heterocycles. The van der Waals surface area contributed by atoms with Crippen LogP contribution in [0.25, 0.3) is 0 Å². The Morgan fingerprint density at radius 1 is 0.917 bits per heavy atom. The summed E-state index contributed by atoms with van der Waals surface area (Å²) in [6.07, 6.45) is -0.938. The molecule has 2 aromatic rings. The van der Waals surface area contributed by atoms with Gasteiger partial charge in [0.15, 0.2) is 0 Å². The first kappa shape index (κ1) is 18.4. The van der Waals surface area contributed by atoms with Crippen LogP contribution in [0.5, 0.6) is 0 Å². The fourth-order valence-electron chi connectivity index (χ4n) is 2.48. The van der Waals surface area contributed by atoms with Gasteiger partial charge in [0.2, 0.25) is 0 Å². The van der Waals surface area contributed by atoms with E-state index in [0.717, 1.165) is 18.2 Å². The normalized spacial score (nSPS) is 12.1. The summed E-state index contributed by atoms with van der Waals surface area (Å²) in [5.74, 6) is 0. The smallest absolute Gasteiger partial charge is 0.308 e. The first-order valence-corrected chi connectivity index (χ1v) is 7.77. The van der Waals surface area contributed by atoms with Gasteiger partial charge in [-0.2, -0.15) is 13.2 Å².